The first-order valence-corrected chi connectivity index (χ1v) is 8.86. The molecule has 134 valence electrons. The van der Waals surface area contributed by atoms with Crippen LogP contribution in [0.4, 0.5) is 13.2 Å². The van der Waals surface area contributed by atoms with E-state index < -0.39 is 32.4 Å². The zero-order valence-corrected chi connectivity index (χ0v) is 14.0. The summed E-state index contributed by atoms with van der Waals surface area (Å²) in [5, 5.41) is 0. The second-order valence-corrected chi connectivity index (χ2v) is 6.98. The maximum atomic E-state index is 13.7. The minimum Gasteiger partial charge on any atom is -0.240 e. The number of sulfonamides is 1. The Kier molecular flexibility index (Phi) is 5.01. The summed E-state index contributed by atoms with van der Waals surface area (Å²) >= 11 is 0. The van der Waals surface area contributed by atoms with Crippen molar-refractivity contribution in [2.45, 2.75) is 11.4 Å². The van der Waals surface area contributed by atoms with E-state index in [0.717, 1.165) is 18.2 Å². The smallest absolute Gasteiger partial charge is 0.240 e. The number of nitrogens with one attached hydrogen (secondary N) is 1. The molecule has 3 aromatic rings. The van der Waals surface area contributed by atoms with E-state index in [2.05, 4.69) is 14.7 Å². The number of benzene rings is 2. The molecular formula is C17H12F3N3O2S. The Labute approximate surface area is 147 Å². The number of hydrogen-bond acceptors (Lipinski definition) is 4. The minimum atomic E-state index is -4.41. The number of rotatable bonds is 5. The van der Waals surface area contributed by atoms with Gasteiger partial charge in [-0.2, -0.15) is 0 Å². The molecule has 0 spiro atoms. The predicted molar refractivity (Wildman–Crippen MR) is 87.8 cm³/mol. The van der Waals surface area contributed by atoms with Crippen molar-refractivity contribution in [2.75, 3.05) is 0 Å². The third kappa shape index (κ3) is 3.89. The van der Waals surface area contributed by atoms with Gasteiger partial charge in [-0.15, -0.1) is 0 Å². The first-order valence-electron chi connectivity index (χ1n) is 7.37. The molecule has 9 heteroatoms. The maximum absolute atomic E-state index is 13.7. The highest BCUT2D eigenvalue weighted by Crippen LogP contribution is 2.20. The highest BCUT2D eigenvalue weighted by molar-refractivity contribution is 7.89. The molecule has 0 saturated heterocycles. The zero-order valence-electron chi connectivity index (χ0n) is 13.2. The molecule has 0 aliphatic heterocycles. The topological polar surface area (TPSA) is 72.0 Å². The Morgan fingerprint density at radius 2 is 1.58 bits per heavy atom. The molecule has 0 atom stereocenters. The molecule has 0 aliphatic rings. The van der Waals surface area contributed by atoms with Crippen LogP contribution in [0.3, 0.4) is 0 Å². The molecule has 0 bridgehead atoms. The van der Waals surface area contributed by atoms with E-state index in [1.165, 1.54) is 36.7 Å². The molecule has 0 unspecified atom stereocenters. The van der Waals surface area contributed by atoms with Crippen LogP contribution in [-0.2, 0) is 16.6 Å². The van der Waals surface area contributed by atoms with E-state index in [4.69, 9.17) is 0 Å². The molecule has 26 heavy (non-hydrogen) atoms. The molecule has 1 heterocycles. The summed E-state index contributed by atoms with van der Waals surface area (Å²) in [6.45, 7) is -0.299. The van der Waals surface area contributed by atoms with Gasteiger partial charge in [0.05, 0.1) is 17.9 Å². The number of nitrogens with zero attached hydrogens (tertiary/aromatic N) is 2. The van der Waals surface area contributed by atoms with Crippen LogP contribution in [0.1, 0.15) is 5.69 Å². The van der Waals surface area contributed by atoms with Crippen LogP contribution in [0, 0.1) is 17.5 Å². The van der Waals surface area contributed by atoms with Crippen LogP contribution in [0.2, 0.25) is 0 Å². The van der Waals surface area contributed by atoms with Gasteiger partial charge in [-0.1, -0.05) is 6.07 Å². The number of aromatic nitrogens is 2. The Bertz CT molecular complexity index is 1020. The molecular weight excluding hydrogens is 367 g/mol. The number of hydrogen-bond donors (Lipinski definition) is 1. The summed E-state index contributed by atoms with van der Waals surface area (Å²) in [5.74, 6) is -2.78. The SMILES string of the molecule is O=S(=O)(NCc1cc(-c2ccc(F)cc2)ncn1)c1c(F)cccc1F. The van der Waals surface area contributed by atoms with Crippen molar-refractivity contribution in [3.05, 3.63) is 78.0 Å². The molecule has 0 radical (unpaired) electrons. The van der Waals surface area contributed by atoms with Gasteiger partial charge in [0.15, 0.2) is 4.90 Å². The van der Waals surface area contributed by atoms with Crippen molar-refractivity contribution < 1.29 is 21.6 Å². The van der Waals surface area contributed by atoms with Gasteiger partial charge in [0, 0.05) is 5.56 Å². The molecule has 0 fully saturated rings. The highest BCUT2D eigenvalue weighted by atomic mass is 32.2. The molecule has 3 rings (SSSR count). The lowest BCUT2D eigenvalue weighted by Crippen LogP contribution is -2.25. The minimum absolute atomic E-state index is 0.277. The monoisotopic (exact) mass is 379 g/mol. The Balaban J connectivity index is 1.82. The maximum Gasteiger partial charge on any atom is 0.246 e. The summed E-state index contributed by atoms with van der Waals surface area (Å²) in [5.41, 5.74) is 1.34. The summed E-state index contributed by atoms with van der Waals surface area (Å²) in [6.07, 6.45) is 1.21. The molecule has 2 aromatic carbocycles. The Morgan fingerprint density at radius 1 is 0.923 bits per heavy atom. The van der Waals surface area contributed by atoms with Crippen molar-refractivity contribution in [1.29, 1.82) is 0 Å². The fraction of sp³-hybridized carbons (Fsp3) is 0.0588. The third-order valence-electron chi connectivity index (χ3n) is 3.49. The summed E-state index contributed by atoms with van der Waals surface area (Å²) in [6, 6.07) is 9.84. The van der Waals surface area contributed by atoms with Crippen molar-refractivity contribution in [1.82, 2.24) is 14.7 Å². The zero-order chi connectivity index (χ0) is 18.7. The van der Waals surface area contributed by atoms with E-state index in [1.807, 2.05) is 0 Å². The van der Waals surface area contributed by atoms with E-state index in [9.17, 15) is 21.6 Å². The summed E-state index contributed by atoms with van der Waals surface area (Å²) in [4.78, 5) is 6.92. The van der Waals surface area contributed by atoms with Crippen LogP contribution in [0.15, 0.2) is 59.8 Å². The lowest BCUT2D eigenvalue weighted by molar-refractivity contribution is 0.513. The fourth-order valence-corrected chi connectivity index (χ4v) is 3.38. The Morgan fingerprint density at radius 3 is 2.23 bits per heavy atom. The van der Waals surface area contributed by atoms with Gasteiger partial charge in [-0.3, -0.25) is 0 Å². The molecule has 1 N–H and O–H groups in total. The molecule has 0 aliphatic carbocycles. The Hall–Kier alpha value is -2.78. The first kappa shape index (κ1) is 18.0. The molecule has 0 amide bonds. The van der Waals surface area contributed by atoms with Gasteiger partial charge in [0.25, 0.3) is 0 Å². The fourth-order valence-electron chi connectivity index (χ4n) is 2.25. The van der Waals surface area contributed by atoms with Gasteiger partial charge in [0.2, 0.25) is 10.0 Å². The highest BCUT2D eigenvalue weighted by Gasteiger charge is 2.23. The van der Waals surface area contributed by atoms with Crippen LogP contribution >= 0.6 is 0 Å². The van der Waals surface area contributed by atoms with Crippen LogP contribution in [0.5, 0.6) is 0 Å². The lowest BCUT2D eigenvalue weighted by Gasteiger charge is -2.09. The van der Waals surface area contributed by atoms with Crippen LogP contribution in [0.25, 0.3) is 11.3 Å². The molecule has 5 nitrogen and oxygen atoms in total. The van der Waals surface area contributed by atoms with Crippen LogP contribution in [-0.4, -0.2) is 18.4 Å². The first-order chi connectivity index (χ1) is 12.4. The summed E-state index contributed by atoms with van der Waals surface area (Å²) in [7, 11) is -4.41. The van der Waals surface area contributed by atoms with Crippen molar-refractivity contribution in [2.24, 2.45) is 0 Å². The van der Waals surface area contributed by atoms with E-state index in [1.54, 1.807) is 0 Å². The van der Waals surface area contributed by atoms with Crippen molar-refractivity contribution >= 4 is 10.0 Å². The predicted octanol–water partition coefficient (Wildman–Crippen LogP) is 3.04. The number of halogens is 3. The second-order valence-electron chi connectivity index (χ2n) is 5.28. The van der Waals surface area contributed by atoms with Gasteiger partial charge in [0.1, 0.15) is 23.8 Å². The standard InChI is InChI=1S/C17H12F3N3O2S/c18-12-6-4-11(5-7-12)16-8-13(21-10-22-16)9-23-26(24,25)17-14(19)2-1-3-15(17)20/h1-8,10,23H,9H2. The summed E-state index contributed by atoms with van der Waals surface area (Å²) < 4.78 is 66.8. The van der Waals surface area contributed by atoms with E-state index in [0.29, 0.717) is 11.3 Å². The van der Waals surface area contributed by atoms with Gasteiger partial charge >= 0.3 is 0 Å². The van der Waals surface area contributed by atoms with Crippen molar-refractivity contribution in [3.8, 4) is 11.3 Å². The molecule has 0 saturated carbocycles. The molecule has 1 aromatic heterocycles. The van der Waals surface area contributed by atoms with Gasteiger partial charge in [-0.05, 0) is 42.5 Å². The van der Waals surface area contributed by atoms with Crippen LogP contribution < -0.4 is 4.72 Å². The average Bonchev–Trinajstić information content (AvgIpc) is 2.61. The van der Waals surface area contributed by atoms with Gasteiger partial charge < -0.3 is 0 Å². The second kappa shape index (κ2) is 7.22. The lowest BCUT2D eigenvalue weighted by atomic mass is 10.1. The van der Waals surface area contributed by atoms with Crippen molar-refractivity contribution in [3.63, 3.8) is 0 Å². The normalized spacial score (nSPS) is 11.5. The average molecular weight is 379 g/mol. The van der Waals surface area contributed by atoms with Gasteiger partial charge in [-0.25, -0.2) is 36.3 Å². The quantitative estimate of drug-likeness (QED) is 0.740. The largest absolute Gasteiger partial charge is 0.246 e. The van der Waals surface area contributed by atoms with E-state index >= 15 is 0 Å². The van der Waals surface area contributed by atoms with E-state index in [-0.39, 0.29) is 12.2 Å². The third-order valence-corrected chi connectivity index (χ3v) is 4.95.